The minimum Gasteiger partial charge on any atom is -0.330 e. The molecule has 1 aliphatic rings. The summed E-state index contributed by atoms with van der Waals surface area (Å²) >= 11 is 1.67. The van der Waals surface area contributed by atoms with Crippen LogP contribution in [0.1, 0.15) is 70.7 Å². The number of aryl methyl sites for hydroxylation is 1. The van der Waals surface area contributed by atoms with Gasteiger partial charge in [-0.3, -0.25) is 4.98 Å². The van der Waals surface area contributed by atoms with E-state index in [1.165, 1.54) is 44.2 Å². The smallest absolute Gasteiger partial charge is 0.187 e. The summed E-state index contributed by atoms with van der Waals surface area (Å²) in [4.78, 5) is 9.35. The van der Waals surface area contributed by atoms with Gasteiger partial charge >= 0.3 is 0 Å². The van der Waals surface area contributed by atoms with E-state index in [9.17, 15) is 0 Å². The van der Waals surface area contributed by atoms with E-state index in [1.54, 1.807) is 11.3 Å². The predicted molar refractivity (Wildman–Crippen MR) is 103 cm³/mol. The third-order valence-electron chi connectivity index (χ3n) is 4.91. The number of pyridine rings is 1. The van der Waals surface area contributed by atoms with Gasteiger partial charge in [0, 0.05) is 17.0 Å². The van der Waals surface area contributed by atoms with Crippen LogP contribution in [0.2, 0.25) is 0 Å². The normalized spacial score (nSPS) is 15.8. The van der Waals surface area contributed by atoms with Crippen LogP contribution in [-0.4, -0.2) is 9.97 Å². The van der Waals surface area contributed by atoms with Gasteiger partial charge in [-0.2, -0.15) is 0 Å². The van der Waals surface area contributed by atoms with Crippen molar-refractivity contribution in [1.82, 2.24) is 9.97 Å². The SMILES string of the molecule is CC(C)(C)c1csc(Nc2cccnc2CCCC2CCCC2)n1. The van der Waals surface area contributed by atoms with Crippen LogP contribution in [-0.2, 0) is 11.8 Å². The second-order valence-electron chi connectivity index (χ2n) is 7.95. The highest BCUT2D eigenvalue weighted by molar-refractivity contribution is 7.13. The largest absolute Gasteiger partial charge is 0.330 e. The highest BCUT2D eigenvalue weighted by Gasteiger charge is 2.18. The Morgan fingerprint density at radius 3 is 2.75 bits per heavy atom. The molecule has 24 heavy (non-hydrogen) atoms. The van der Waals surface area contributed by atoms with Gasteiger partial charge in [0.2, 0.25) is 0 Å². The molecular formula is C20H29N3S. The standard InChI is InChI=1S/C20H29N3S/c1-20(2,3)18-14-24-19(23-18)22-17-12-7-13-21-16(17)11-6-10-15-8-4-5-9-15/h7,12-15H,4-6,8-11H2,1-3H3,(H,22,23). The molecule has 1 aliphatic carbocycles. The second kappa shape index (κ2) is 7.64. The first-order valence-electron chi connectivity index (χ1n) is 9.19. The number of thiazole rings is 1. The van der Waals surface area contributed by atoms with Gasteiger partial charge in [-0.1, -0.05) is 52.9 Å². The lowest BCUT2D eigenvalue weighted by atomic mass is 9.93. The summed E-state index contributed by atoms with van der Waals surface area (Å²) in [5, 5.41) is 6.60. The maximum atomic E-state index is 4.74. The number of rotatable bonds is 6. The maximum absolute atomic E-state index is 4.74. The number of aromatic nitrogens is 2. The Hall–Kier alpha value is -1.42. The summed E-state index contributed by atoms with van der Waals surface area (Å²) < 4.78 is 0. The van der Waals surface area contributed by atoms with Crippen molar-refractivity contribution in [2.45, 2.75) is 71.1 Å². The van der Waals surface area contributed by atoms with Gasteiger partial charge < -0.3 is 5.32 Å². The minimum absolute atomic E-state index is 0.0927. The Labute approximate surface area is 149 Å². The Balaban J connectivity index is 1.62. The van der Waals surface area contributed by atoms with Crippen LogP contribution >= 0.6 is 11.3 Å². The zero-order chi connectivity index (χ0) is 17.0. The van der Waals surface area contributed by atoms with Gasteiger partial charge in [0.25, 0.3) is 0 Å². The molecule has 130 valence electrons. The second-order valence-corrected chi connectivity index (χ2v) is 8.81. The summed E-state index contributed by atoms with van der Waals surface area (Å²) in [6, 6.07) is 4.12. The lowest BCUT2D eigenvalue weighted by molar-refractivity contribution is 0.482. The third-order valence-corrected chi connectivity index (χ3v) is 5.66. The fourth-order valence-electron chi connectivity index (χ4n) is 3.40. The molecule has 1 N–H and O–H groups in total. The summed E-state index contributed by atoms with van der Waals surface area (Å²) in [6.45, 7) is 6.60. The topological polar surface area (TPSA) is 37.8 Å². The number of anilines is 2. The molecule has 0 aromatic carbocycles. The van der Waals surface area contributed by atoms with Crippen molar-refractivity contribution in [3.8, 4) is 0 Å². The number of nitrogens with zero attached hydrogens (tertiary/aromatic N) is 2. The predicted octanol–water partition coefficient (Wildman–Crippen LogP) is 6.09. The van der Waals surface area contributed by atoms with Crippen molar-refractivity contribution in [2.75, 3.05) is 5.32 Å². The lowest BCUT2D eigenvalue weighted by Crippen LogP contribution is -2.11. The first-order valence-corrected chi connectivity index (χ1v) is 10.1. The Morgan fingerprint density at radius 2 is 2.04 bits per heavy atom. The molecule has 0 atom stereocenters. The average Bonchev–Trinajstić information content (AvgIpc) is 3.20. The Morgan fingerprint density at radius 1 is 1.25 bits per heavy atom. The summed E-state index contributed by atoms with van der Waals surface area (Å²) in [6.07, 6.45) is 11.3. The molecule has 1 saturated carbocycles. The molecule has 2 aromatic heterocycles. The average molecular weight is 344 g/mol. The molecule has 3 rings (SSSR count). The van der Waals surface area contributed by atoms with Gasteiger partial charge in [-0.25, -0.2) is 4.98 Å². The Kier molecular flexibility index (Phi) is 5.54. The van der Waals surface area contributed by atoms with Gasteiger partial charge in [0.1, 0.15) is 0 Å². The molecule has 3 nitrogen and oxygen atoms in total. The molecule has 4 heteroatoms. The molecule has 0 bridgehead atoms. The van der Waals surface area contributed by atoms with E-state index in [4.69, 9.17) is 4.98 Å². The molecule has 1 fully saturated rings. The fourth-order valence-corrected chi connectivity index (χ4v) is 4.35. The first kappa shape index (κ1) is 17.4. The zero-order valence-electron chi connectivity index (χ0n) is 15.1. The van der Waals surface area contributed by atoms with Crippen molar-refractivity contribution in [1.29, 1.82) is 0 Å². The summed E-state index contributed by atoms with van der Waals surface area (Å²) in [5.41, 5.74) is 3.51. The third kappa shape index (κ3) is 4.56. The molecule has 2 aromatic rings. The van der Waals surface area contributed by atoms with Gasteiger partial charge in [-0.15, -0.1) is 11.3 Å². The van der Waals surface area contributed by atoms with Crippen LogP contribution in [0.5, 0.6) is 0 Å². The van der Waals surface area contributed by atoms with Crippen LogP contribution in [0.3, 0.4) is 0 Å². The fraction of sp³-hybridized carbons (Fsp3) is 0.600. The van der Waals surface area contributed by atoms with Crippen molar-refractivity contribution >= 4 is 22.2 Å². The van der Waals surface area contributed by atoms with E-state index >= 15 is 0 Å². The van der Waals surface area contributed by atoms with E-state index in [0.717, 1.165) is 28.9 Å². The van der Waals surface area contributed by atoms with Crippen molar-refractivity contribution < 1.29 is 0 Å². The van der Waals surface area contributed by atoms with E-state index < -0.39 is 0 Å². The van der Waals surface area contributed by atoms with Crippen LogP contribution in [0.25, 0.3) is 0 Å². The molecule has 0 aliphatic heterocycles. The lowest BCUT2D eigenvalue weighted by Gasteiger charge is -2.14. The van der Waals surface area contributed by atoms with Crippen molar-refractivity contribution in [3.05, 3.63) is 35.1 Å². The summed E-state index contributed by atoms with van der Waals surface area (Å²) in [7, 11) is 0. The molecule has 2 heterocycles. The molecular weight excluding hydrogens is 314 g/mol. The van der Waals surface area contributed by atoms with Crippen LogP contribution in [0, 0.1) is 5.92 Å². The quantitative estimate of drug-likeness (QED) is 0.689. The van der Waals surface area contributed by atoms with Crippen molar-refractivity contribution in [3.63, 3.8) is 0 Å². The van der Waals surface area contributed by atoms with Crippen LogP contribution in [0.4, 0.5) is 10.8 Å². The zero-order valence-corrected chi connectivity index (χ0v) is 16.0. The number of nitrogens with one attached hydrogen (secondary N) is 1. The monoisotopic (exact) mass is 343 g/mol. The highest BCUT2D eigenvalue weighted by Crippen LogP contribution is 2.31. The van der Waals surface area contributed by atoms with E-state index in [2.05, 4.69) is 42.5 Å². The maximum Gasteiger partial charge on any atom is 0.187 e. The molecule has 0 unspecified atom stereocenters. The highest BCUT2D eigenvalue weighted by atomic mass is 32.1. The van der Waals surface area contributed by atoms with Gasteiger partial charge in [0.05, 0.1) is 17.1 Å². The molecule has 0 amide bonds. The molecule has 0 saturated heterocycles. The number of hydrogen-bond donors (Lipinski definition) is 1. The molecule has 0 radical (unpaired) electrons. The van der Waals surface area contributed by atoms with E-state index in [-0.39, 0.29) is 5.41 Å². The minimum atomic E-state index is 0.0927. The van der Waals surface area contributed by atoms with Gasteiger partial charge in [0.15, 0.2) is 5.13 Å². The van der Waals surface area contributed by atoms with E-state index in [0.29, 0.717) is 0 Å². The van der Waals surface area contributed by atoms with Crippen LogP contribution < -0.4 is 5.32 Å². The van der Waals surface area contributed by atoms with Gasteiger partial charge in [-0.05, 0) is 30.9 Å². The Bertz CT molecular complexity index is 651. The molecule has 0 spiro atoms. The first-order chi connectivity index (χ1) is 11.5. The van der Waals surface area contributed by atoms with Crippen LogP contribution in [0.15, 0.2) is 23.7 Å². The van der Waals surface area contributed by atoms with Crippen molar-refractivity contribution in [2.24, 2.45) is 5.92 Å². The number of hydrogen-bond acceptors (Lipinski definition) is 4. The van der Waals surface area contributed by atoms with E-state index in [1.807, 2.05) is 12.3 Å². The summed E-state index contributed by atoms with van der Waals surface area (Å²) in [5.74, 6) is 0.957.